The Kier molecular flexibility index (Phi) is 3.37. The molecule has 5 heteroatoms. The first-order valence-corrected chi connectivity index (χ1v) is 7.74. The molecule has 25 heavy (non-hydrogen) atoms. The molecule has 0 aliphatic rings. The fraction of sp³-hybridized carbons (Fsp3) is 0. The van der Waals surface area contributed by atoms with Gasteiger partial charge in [-0.15, -0.1) is 0 Å². The van der Waals surface area contributed by atoms with Gasteiger partial charge >= 0.3 is 0 Å². The van der Waals surface area contributed by atoms with Gasteiger partial charge in [-0.25, -0.2) is 4.98 Å². The molecule has 0 bridgehead atoms. The Morgan fingerprint density at radius 3 is 2.56 bits per heavy atom. The number of rotatable bonds is 2. The molecule has 0 unspecified atom stereocenters. The van der Waals surface area contributed by atoms with Crippen molar-refractivity contribution in [3.05, 3.63) is 66.4 Å². The van der Waals surface area contributed by atoms with E-state index in [0.29, 0.717) is 22.4 Å². The lowest BCUT2D eigenvalue weighted by molar-refractivity contribution is 0.477. The number of pyridine rings is 1. The van der Waals surface area contributed by atoms with Crippen LogP contribution in [0.3, 0.4) is 0 Å². The largest absolute Gasteiger partial charge is 0.507 e. The molecule has 4 aromatic rings. The van der Waals surface area contributed by atoms with E-state index in [2.05, 4.69) is 16.0 Å². The highest BCUT2D eigenvalue weighted by atomic mass is 16.3. The summed E-state index contributed by atoms with van der Waals surface area (Å²) in [5.74, 6) is 0.257. The maximum absolute atomic E-state index is 10.1. The van der Waals surface area contributed by atoms with Crippen molar-refractivity contribution in [3.8, 4) is 34.2 Å². The number of aromatic nitrogens is 2. The Labute approximate surface area is 144 Å². The molecule has 0 amide bonds. The highest BCUT2D eigenvalue weighted by Crippen LogP contribution is 2.37. The number of phenolic OH excluding ortho intramolecular Hbond substituents is 1. The van der Waals surface area contributed by atoms with Crippen LogP contribution in [0.1, 0.15) is 5.56 Å². The first-order chi connectivity index (χ1) is 12.2. The summed E-state index contributed by atoms with van der Waals surface area (Å²) >= 11 is 0. The molecule has 0 fully saturated rings. The molecule has 0 aliphatic heterocycles. The average Bonchev–Trinajstić information content (AvgIpc) is 3.05. The van der Waals surface area contributed by atoms with Gasteiger partial charge in [0.05, 0.1) is 5.69 Å². The van der Waals surface area contributed by atoms with Crippen LogP contribution >= 0.6 is 0 Å². The maximum atomic E-state index is 10.1. The molecule has 4 rings (SSSR count). The van der Waals surface area contributed by atoms with Gasteiger partial charge in [0, 0.05) is 33.8 Å². The van der Waals surface area contributed by atoms with Crippen LogP contribution in [-0.4, -0.2) is 15.1 Å². The molecule has 0 spiro atoms. The van der Waals surface area contributed by atoms with Crippen LogP contribution in [0.25, 0.3) is 33.3 Å². The van der Waals surface area contributed by atoms with Crippen LogP contribution in [0.2, 0.25) is 0 Å². The van der Waals surface area contributed by atoms with Gasteiger partial charge in [-0.3, -0.25) is 0 Å². The zero-order valence-corrected chi connectivity index (χ0v) is 13.2. The van der Waals surface area contributed by atoms with Gasteiger partial charge in [-0.1, -0.05) is 30.3 Å². The van der Waals surface area contributed by atoms with Crippen molar-refractivity contribution < 1.29 is 5.11 Å². The maximum Gasteiger partial charge on any atom is 0.142 e. The highest BCUT2D eigenvalue weighted by Gasteiger charge is 2.17. The third-order valence-corrected chi connectivity index (χ3v) is 4.22. The molecule has 2 aromatic heterocycles. The molecule has 0 aliphatic carbocycles. The molecule has 5 nitrogen and oxygen atoms in total. The van der Waals surface area contributed by atoms with Crippen LogP contribution in [0.15, 0.2) is 60.8 Å². The molecule has 0 atom stereocenters. The molecule has 2 heterocycles. The number of nitrogens with two attached hydrogens (primary N) is 1. The number of hydrogen-bond acceptors (Lipinski definition) is 4. The predicted octanol–water partition coefficient (Wildman–Crippen LogP) is 4.06. The Morgan fingerprint density at radius 1 is 1.00 bits per heavy atom. The number of anilines is 1. The smallest absolute Gasteiger partial charge is 0.142 e. The van der Waals surface area contributed by atoms with Crippen LogP contribution < -0.4 is 5.73 Å². The van der Waals surface area contributed by atoms with E-state index in [-0.39, 0.29) is 11.6 Å². The fourth-order valence-corrected chi connectivity index (χ4v) is 3.02. The predicted molar refractivity (Wildman–Crippen MR) is 97.8 cm³/mol. The molecule has 4 N–H and O–H groups in total. The van der Waals surface area contributed by atoms with E-state index < -0.39 is 0 Å². The third-order valence-electron chi connectivity index (χ3n) is 4.22. The average molecular weight is 326 g/mol. The number of fused-ring (bicyclic) bond motifs is 1. The summed E-state index contributed by atoms with van der Waals surface area (Å²) in [6.45, 7) is 0. The normalized spacial score (nSPS) is 10.7. The number of nitrogen functional groups attached to an aromatic ring is 1. The summed E-state index contributed by atoms with van der Waals surface area (Å²) < 4.78 is 0. The highest BCUT2D eigenvalue weighted by molar-refractivity contribution is 5.98. The molecule has 2 aromatic carbocycles. The monoisotopic (exact) mass is 326 g/mol. The quantitative estimate of drug-likeness (QED) is 0.517. The lowest BCUT2D eigenvalue weighted by Gasteiger charge is -2.10. The number of benzene rings is 2. The zero-order chi connectivity index (χ0) is 17.4. The van der Waals surface area contributed by atoms with Crippen LogP contribution in [-0.2, 0) is 0 Å². The van der Waals surface area contributed by atoms with E-state index in [9.17, 15) is 10.4 Å². The number of H-pyrrole nitrogens is 1. The SMILES string of the molecule is N#Cc1c(-c2c[nH]c3ccccc23)cc(-c2ccccc2O)nc1N. The lowest BCUT2D eigenvalue weighted by Crippen LogP contribution is -1.99. The minimum absolute atomic E-state index is 0.115. The van der Waals surface area contributed by atoms with Gasteiger partial charge in [0.2, 0.25) is 0 Å². The summed E-state index contributed by atoms with van der Waals surface area (Å²) in [7, 11) is 0. The van der Waals surface area contributed by atoms with E-state index in [4.69, 9.17) is 5.73 Å². The van der Waals surface area contributed by atoms with Gasteiger partial charge in [0.15, 0.2) is 0 Å². The standard InChI is InChI=1S/C20H14N4O/c21-10-15-14(16-11-23-17-7-3-1-5-12(16)17)9-18(24-20(15)22)13-6-2-4-8-19(13)25/h1-9,11,23,25H,(H2,22,24). The topological polar surface area (TPSA) is 98.7 Å². The summed E-state index contributed by atoms with van der Waals surface area (Å²) in [4.78, 5) is 7.52. The van der Waals surface area contributed by atoms with Crippen molar-refractivity contribution in [2.75, 3.05) is 5.73 Å². The molecular weight excluding hydrogens is 312 g/mol. The Morgan fingerprint density at radius 2 is 1.76 bits per heavy atom. The number of nitrogens with zero attached hydrogens (tertiary/aromatic N) is 2. The van der Waals surface area contributed by atoms with Gasteiger partial charge in [-0.05, 0) is 24.3 Å². The zero-order valence-electron chi connectivity index (χ0n) is 13.2. The van der Waals surface area contributed by atoms with Crippen LogP contribution in [0.5, 0.6) is 5.75 Å². The number of phenols is 1. The van der Waals surface area contributed by atoms with Crippen molar-refractivity contribution in [1.82, 2.24) is 9.97 Å². The number of aromatic amines is 1. The number of hydrogen-bond donors (Lipinski definition) is 3. The Hall–Kier alpha value is -3.78. The fourth-order valence-electron chi connectivity index (χ4n) is 3.02. The Bertz CT molecular complexity index is 1140. The summed E-state index contributed by atoms with van der Waals surface area (Å²) in [5, 5.41) is 20.7. The van der Waals surface area contributed by atoms with E-state index in [1.807, 2.05) is 36.5 Å². The molecule has 120 valence electrons. The van der Waals surface area contributed by atoms with Crippen molar-refractivity contribution >= 4 is 16.7 Å². The van der Waals surface area contributed by atoms with Crippen LogP contribution in [0.4, 0.5) is 5.82 Å². The van der Waals surface area contributed by atoms with E-state index in [0.717, 1.165) is 16.5 Å². The second kappa shape index (κ2) is 5.69. The first kappa shape index (κ1) is 14.8. The van der Waals surface area contributed by atoms with Gasteiger partial charge in [-0.2, -0.15) is 5.26 Å². The van der Waals surface area contributed by atoms with E-state index in [1.165, 1.54) is 0 Å². The Balaban J connectivity index is 2.02. The van der Waals surface area contributed by atoms with E-state index >= 15 is 0 Å². The van der Waals surface area contributed by atoms with Gasteiger partial charge in [0.25, 0.3) is 0 Å². The lowest BCUT2D eigenvalue weighted by atomic mass is 9.98. The second-order valence-corrected chi connectivity index (χ2v) is 5.69. The summed E-state index contributed by atoms with van der Waals surface area (Å²) in [5.41, 5.74) is 9.99. The minimum atomic E-state index is 0.115. The third kappa shape index (κ3) is 2.37. The summed E-state index contributed by atoms with van der Waals surface area (Å²) in [6, 6.07) is 18.7. The van der Waals surface area contributed by atoms with Crippen molar-refractivity contribution in [2.45, 2.75) is 0 Å². The molecule has 0 saturated carbocycles. The minimum Gasteiger partial charge on any atom is -0.507 e. The molecular formula is C20H14N4O. The molecule has 0 saturated heterocycles. The van der Waals surface area contributed by atoms with Crippen molar-refractivity contribution in [2.24, 2.45) is 0 Å². The summed E-state index contributed by atoms with van der Waals surface area (Å²) in [6.07, 6.45) is 1.86. The van der Waals surface area contributed by atoms with Gasteiger partial charge < -0.3 is 15.8 Å². The molecule has 0 radical (unpaired) electrons. The number of nitriles is 1. The van der Waals surface area contributed by atoms with Crippen molar-refractivity contribution in [1.29, 1.82) is 5.26 Å². The van der Waals surface area contributed by atoms with Crippen molar-refractivity contribution in [3.63, 3.8) is 0 Å². The van der Waals surface area contributed by atoms with E-state index in [1.54, 1.807) is 24.3 Å². The number of aromatic hydroxyl groups is 1. The number of para-hydroxylation sites is 2. The first-order valence-electron chi connectivity index (χ1n) is 7.74. The second-order valence-electron chi connectivity index (χ2n) is 5.69. The van der Waals surface area contributed by atoms with Crippen LogP contribution in [0, 0.1) is 11.3 Å². The number of nitrogens with one attached hydrogen (secondary N) is 1. The van der Waals surface area contributed by atoms with Gasteiger partial charge in [0.1, 0.15) is 23.2 Å².